The minimum Gasteiger partial charge on any atom is -0.504 e. The molecule has 0 bridgehead atoms. The van der Waals surface area contributed by atoms with Crippen molar-refractivity contribution in [3.05, 3.63) is 135 Å². The van der Waals surface area contributed by atoms with Crippen LogP contribution in [0.25, 0.3) is 6.08 Å². The average Bonchev–Trinajstić information content (AvgIpc) is 3.53. The van der Waals surface area contributed by atoms with Crippen LogP contribution in [0, 0.1) is 23.7 Å². The van der Waals surface area contributed by atoms with Gasteiger partial charge in [-0.25, -0.2) is 4.90 Å². The normalized spacial score (nSPS) is 26.8. The van der Waals surface area contributed by atoms with Gasteiger partial charge >= 0.3 is 0 Å². The van der Waals surface area contributed by atoms with Gasteiger partial charge in [0.25, 0.3) is 0 Å². The Morgan fingerprint density at radius 2 is 1.63 bits per heavy atom. The van der Waals surface area contributed by atoms with E-state index in [0.29, 0.717) is 32.0 Å². The number of halogens is 2. The number of nitrogens with zero attached hydrogens (tertiary/aromatic N) is 2. The summed E-state index contributed by atoms with van der Waals surface area (Å²) < 4.78 is 6.18. The maximum atomic E-state index is 15.4. The zero-order valence-electron chi connectivity index (χ0n) is 27.5. The number of methoxy groups -OCH3 is 1. The summed E-state index contributed by atoms with van der Waals surface area (Å²) in [6.07, 6.45) is 4.03. The van der Waals surface area contributed by atoms with Crippen LogP contribution in [-0.4, -0.2) is 35.8 Å². The number of hydrogen-bond donors (Lipinski definition) is 1. The van der Waals surface area contributed by atoms with Gasteiger partial charge in [-0.3, -0.25) is 24.1 Å². The number of fused-ring (bicyclic) bond motifs is 4. The summed E-state index contributed by atoms with van der Waals surface area (Å²) in [5.41, 5.74) is 1.80. The number of imide groups is 2. The SMILES string of the molecule is C=Cc1ccc(N2C(=O)[C@H]3[C@H](CC=C4[C@H]3C[C@H]3C(=O)N(c5cccc(Cl)c5)C(=O)[C@@]3(c3ccccc3)[C@H]4c3cc(Br)cc(OC)c3O)C2=O)cc1. The lowest BCUT2D eigenvalue weighted by molar-refractivity contribution is -0.127. The minimum atomic E-state index is -1.54. The Kier molecular flexibility index (Phi) is 8.03. The molecule has 1 saturated carbocycles. The molecule has 4 aromatic rings. The van der Waals surface area contributed by atoms with Gasteiger partial charge in [0.1, 0.15) is 0 Å². The maximum absolute atomic E-state index is 15.4. The van der Waals surface area contributed by atoms with Crippen molar-refractivity contribution >= 4 is 68.6 Å². The first kappa shape index (κ1) is 33.2. The largest absolute Gasteiger partial charge is 0.504 e. The molecule has 4 aromatic carbocycles. The monoisotopic (exact) mass is 762 g/mol. The van der Waals surface area contributed by atoms with Gasteiger partial charge in [0.15, 0.2) is 11.5 Å². The van der Waals surface area contributed by atoms with Crippen LogP contribution < -0.4 is 14.5 Å². The van der Waals surface area contributed by atoms with E-state index in [1.54, 1.807) is 66.7 Å². The number of rotatable bonds is 6. The molecule has 0 unspecified atom stereocenters. The molecule has 2 aliphatic heterocycles. The van der Waals surface area contributed by atoms with Crippen molar-refractivity contribution in [2.24, 2.45) is 23.7 Å². The number of amides is 4. The molecule has 8 rings (SSSR count). The van der Waals surface area contributed by atoms with Crippen molar-refractivity contribution in [3.8, 4) is 11.5 Å². The molecule has 1 N–H and O–H groups in total. The van der Waals surface area contributed by atoms with Gasteiger partial charge in [0.2, 0.25) is 23.6 Å². The molecule has 2 saturated heterocycles. The molecular formula is C41H32BrClN2O6. The van der Waals surface area contributed by atoms with Crippen LogP contribution in [0.2, 0.25) is 5.02 Å². The van der Waals surface area contributed by atoms with E-state index in [0.717, 1.165) is 11.1 Å². The Morgan fingerprint density at radius 3 is 2.31 bits per heavy atom. The molecule has 6 atom stereocenters. The lowest BCUT2D eigenvalue weighted by Gasteiger charge is -2.50. The highest BCUT2D eigenvalue weighted by atomic mass is 79.9. The highest BCUT2D eigenvalue weighted by Gasteiger charge is 2.70. The molecule has 256 valence electrons. The highest BCUT2D eigenvalue weighted by Crippen LogP contribution is 2.66. The summed E-state index contributed by atoms with van der Waals surface area (Å²) in [5, 5.41) is 12.2. The molecule has 0 radical (unpaired) electrons. The van der Waals surface area contributed by atoms with Gasteiger partial charge in [-0.05, 0) is 72.4 Å². The lowest BCUT2D eigenvalue weighted by Crippen LogP contribution is -2.53. The molecule has 8 nitrogen and oxygen atoms in total. The van der Waals surface area contributed by atoms with E-state index in [9.17, 15) is 19.5 Å². The van der Waals surface area contributed by atoms with Crippen molar-refractivity contribution in [1.82, 2.24) is 0 Å². The highest BCUT2D eigenvalue weighted by molar-refractivity contribution is 9.10. The predicted molar refractivity (Wildman–Crippen MR) is 197 cm³/mol. The van der Waals surface area contributed by atoms with Crippen LogP contribution in [-0.2, 0) is 24.6 Å². The fraction of sp³-hybridized carbons (Fsp3) is 0.220. The summed E-state index contributed by atoms with van der Waals surface area (Å²) in [7, 11) is 1.44. The number of benzene rings is 4. The zero-order valence-corrected chi connectivity index (χ0v) is 29.8. The third-order valence-electron chi connectivity index (χ3n) is 11.2. The van der Waals surface area contributed by atoms with Gasteiger partial charge in [0.05, 0.1) is 41.7 Å². The van der Waals surface area contributed by atoms with Crippen molar-refractivity contribution < 1.29 is 29.0 Å². The van der Waals surface area contributed by atoms with Gasteiger partial charge in [-0.15, -0.1) is 0 Å². The maximum Gasteiger partial charge on any atom is 0.246 e. The van der Waals surface area contributed by atoms with E-state index >= 15 is 4.79 Å². The number of anilines is 2. The Labute approximate surface area is 308 Å². The molecule has 2 aliphatic carbocycles. The van der Waals surface area contributed by atoms with Crippen LogP contribution in [0.15, 0.2) is 114 Å². The molecule has 0 spiro atoms. The first-order valence-corrected chi connectivity index (χ1v) is 17.8. The number of ether oxygens (including phenoxy) is 1. The van der Waals surface area contributed by atoms with E-state index in [4.69, 9.17) is 16.3 Å². The van der Waals surface area contributed by atoms with Gasteiger partial charge < -0.3 is 9.84 Å². The summed E-state index contributed by atoms with van der Waals surface area (Å²) >= 11 is 9.98. The third-order valence-corrected chi connectivity index (χ3v) is 11.8. The lowest BCUT2D eigenvalue weighted by atomic mass is 9.49. The van der Waals surface area contributed by atoms with Crippen LogP contribution in [0.3, 0.4) is 0 Å². The zero-order chi connectivity index (χ0) is 35.8. The predicted octanol–water partition coefficient (Wildman–Crippen LogP) is 7.83. The quantitative estimate of drug-likeness (QED) is 0.159. The number of phenols is 1. The third kappa shape index (κ3) is 4.78. The molecule has 2 heterocycles. The fourth-order valence-electron chi connectivity index (χ4n) is 9.07. The first-order chi connectivity index (χ1) is 24.6. The van der Waals surface area contributed by atoms with Crippen molar-refractivity contribution in [2.45, 2.75) is 24.2 Å². The number of aromatic hydroxyl groups is 1. The minimum absolute atomic E-state index is 0.133. The van der Waals surface area contributed by atoms with Crippen molar-refractivity contribution in [3.63, 3.8) is 0 Å². The Balaban J connectivity index is 1.37. The Hall–Kier alpha value is -4.99. The summed E-state index contributed by atoms with van der Waals surface area (Å²) in [4.78, 5) is 61.4. The number of carbonyl (C=O) groups is 4. The molecule has 3 fully saturated rings. The van der Waals surface area contributed by atoms with E-state index in [2.05, 4.69) is 22.5 Å². The average molecular weight is 764 g/mol. The fourth-order valence-corrected chi connectivity index (χ4v) is 9.71. The van der Waals surface area contributed by atoms with Gasteiger partial charge in [0, 0.05) is 21.0 Å². The summed E-state index contributed by atoms with van der Waals surface area (Å²) in [6, 6.07) is 26.2. The van der Waals surface area contributed by atoms with Crippen LogP contribution in [0.4, 0.5) is 11.4 Å². The molecule has 4 aliphatic rings. The van der Waals surface area contributed by atoms with Gasteiger partial charge in [-0.2, -0.15) is 0 Å². The van der Waals surface area contributed by atoms with Crippen LogP contribution in [0.1, 0.15) is 35.4 Å². The molecule has 51 heavy (non-hydrogen) atoms. The number of allylic oxidation sites excluding steroid dienone is 2. The van der Waals surface area contributed by atoms with Crippen molar-refractivity contribution in [1.29, 1.82) is 0 Å². The van der Waals surface area contributed by atoms with E-state index in [-0.39, 0.29) is 36.2 Å². The summed E-state index contributed by atoms with van der Waals surface area (Å²) in [5.74, 6) is -5.47. The van der Waals surface area contributed by atoms with E-state index < -0.39 is 46.8 Å². The second-order valence-corrected chi connectivity index (χ2v) is 14.8. The topological polar surface area (TPSA) is 104 Å². The number of hydrogen-bond acceptors (Lipinski definition) is 6. The summed E-state index contributed by atoms with van der Waals surface area (Å²) in [6.45, 7) is 3.80. The number of carbonyl (C=O) groups excluding carboxylic acids is 4. The van der Waals surface area contributed by atoms with Crippen molar-refractivity contribution in [2.75, 3.05) is 16.9 Å². The Bertz CT molecular complexity index is 2190. The van der Waals surface area contributed by atoms with E-state index in [1.165, 1.54) is 16.9 Å². The first-order valence-electron chi connectivity index (χ1n) is 16.7. The van der Waals surface area contributed by atoms with Crippen LogP contribution in [0.5, 0.6) is 11.5 Å². The molecule has 0 aromatic heterocycles. The van der Waals surface area contributed by atoms with E-state index in [1.807, 2.05) is 36.4 Å². The molecular weight excluding hydrogens is 732 g/mol. The second kappa shape index (κ2) is 12.4. The Morgan fingerprint density at radius 1 is 0.882 bits per heavy atom. The second-order valence-electron chi connectivity index (χ2n) is 13.4. The van der Waals surface area contributed by atoms with Gasteiger partial charge in [-0.1, -0.05) is 100 Å². The smallest absolute Gasteiger partial charge is 0.246 e. The molecule has 4 amide bonds. The molecule has 10 heteroatoms. The van der Waals surface area contributed by atoms with Crippen LogP contribution >= 0.6 is 27.5 Å². The number of phenolic OH excluding ortho intramolecular Hbond substituents is 1. The standard InChI is InChI=1S/C41H32BrClN2O6/c1-3-22-12-14-26(15-13-22)44-37(47)29-17-16-28-30(34(29)39(44)49)21-32-38(48)45(27-11-7-10-25(43)20-27)40(50)41(32,23-8-5-4-6-9-23)35(28)31-18-24(42)19-33(51-2)36(31)46/h3-16,18-20,29-30,32,34-35,46H,1,17,21H2,2H3/t29-,30+,32-,34-,35+,41+/m0/s1.